The molecule has 0 unspecified atom stereocenters. The summed E-state index contributed by atoms with van der Waals surface area (Å²) in [4.78, 5) is 4.73. The highest BCUT2D eigenvalue weighted by molar-refractivity contribution is 14.0. The lowest BCUT2D eigenvalue weighted by Crippen LogP contribution is -2.43. The van der Waals surface area contributed by atoms with Crippen LogP contribution >= 0.6 is 24.0 Å². The van der Waals surface area contributed by atoms with E-state index in [-0.39, 0.29) is 24.0 Å². The van der Waals surface area contributed by atoms with Crippen LogP contribution in [0.4, 0.5) is 0 Å². The SMILES string of the molecule is COc1ccc(CN=C(NCCc2ccco2)NC2CC=CC2)cc1.I. The number of nitrogens with one attached hydrogen (secondary N) is 2. The number of nitrogens with zero attached hydrogens (tertiary/aromatic N) is 1. The number of guanidine groups is 1. The molecule has 0 fully saturated rings. The van der Waals surface area contributed by atoms with Crippen LogP contribution in [0.5, 0.6) is 5.75 Å². The van der Waals surface area contributed by atoms with Crippen molar-refractivity contribution in [2.24, 2.45) is 4.99 Å². The fraction of sp³-hybridized carbons (Fsp3) is 0.350. The molecule has 0 spiro atoms. The standard InChI is InChI=1S/C20H25N3O2.HI/c1-24-18-10-8-16(9-11-18)15-22-20(23-17-5-2-3-6-17)21-13-12-19-7-4-14-25-19;/h2-4,7-11,14,17H,5-6,12-13,15H2,1H3,(H2,21,22,23);1H. The number of furan rings is 1. The van der Waals surface area contributed by atoms with Gasteiger partial charge in [-0.2, -0.15) is 0 Å². The van der Waals surface area contributed by atoms with Gasteiger partial charge in [0.1, 0.15) is 11.5 Å². The van der Waals surface area contributed by atoms with E-state index >= 15 is 0 Å². The molecule has 0 radical (unpaired) electrons. The zero-order valence-corrected chi connectivity index (χ0v) is 17.3. The van der Waals surface area contributed by atoms with Gasteiger partial charge in [0.15, 0.2) is 5.96 Å². The molecule has 6 heteroatoms. The molecule has 1 aliphatic rings. The highest BCUT2D eigenvalue weighted by Gasteiger charge is 2.12. The van der Waals surface area contributed by atoms with Crippen LogP contribution in [0.15, 0.2) is 64.2 Å². The summed E-state index contributed by atoms with van der Waals surface area (Å²) in [5, 5.41) is 6.91. The summed E-state index contributed by atoms with van der Waals surface area (Å²) in [6, 6.07) is 12.3. The van der Waals surface area contributed by atoms with Gasteiger partial charge in [-0.3, -0.25) is 0 Å². The third-order valence-corrected chi connectivity index (χ3v) is 4.17. The van der Waals surface area contributed by atoms with Crippen molar-refractivity contribution in [3.63, 3.8) is 0 Å². The first-order valence-electron chi connectivity index (χ1n) is 8.68. The monoisotopic (exact) mass is 467 g/mol. The molecule has 1 aromatic heterocycles. The van der Waals surface area contributed by atoms with E-state index in [4.69, 9.17) is 14.1 Å². The molecule has 2 N–H and O–H groups in total. The van der Waals surface area contributed by atoms with Gasteiger partial charge in [0.25, 0.3) is 0 Å². The smallest absolute Gasteiger partial charge is 0.191 e. The lowest BCUT2D eigenvalue weighted by atomic mass is 10.2. The van der Waals surface area contributed by atoms with Crippen LogP contribution in [0.2, 0.25) is 0 Å². The molecule has 0 aliphatic heterocycles. The Morgan fingerprint density at radius 1 is 1.19 bits per heavy atom. The van der Waals surface area contributed by atoms with E-state index in [1.54, 1.807) is 13.4 Å². The number of aliphatic imine (C=N–C) groups is 1. The predicted octanol–water partition coefficient (Wildman–Crippen LogP) is 3.90. The van der Waals surface area contributed by atoms with Crippen molar-refractivity contribution in [2.45, 2.75) is 31.8 Å². The second kappa shape index (κ2) is 10.9. The first-order chi connectivity index (χ1) is 12.3. The molecule has 26 heavy (non-hydrogen) atoms. The van der Waals surface area contributed by atoms with Crippen molar-refractivity contribution in [2.75, 3.05) is 13.7 Å². The molecule has 0 amide bonds. The Kier molecular flexibility index (Phi) is 8.53. The van der Waals surface area contributed by atoms with Gasteiger partial charge in [-0.1, -0.05) is 24.3 Å². The normalized spacial score (nSPS) is 14.1. The lowest BCUT2D eigenvalue weighted by molar-refractivity contribution is 0.414. The Balaban J connectivity index is 0.00000243. The van der Waals surface area contributed by atoms with E-state index in [1.807, 2.05) is 36.4 Å². The zero-order chi connectivity index (χ0) is 17.3. The van der Waals surface area contributed by atoms with E-state index in [9.17, 15) is 0 Å². The van der Waals surface area contributed by atoms with E-state index in [2.05, 4.69) is 22.8 Å². The van der Waals surface area contributed by atoms with Gasteiger partial charge < -0.3 is 19.8 Å². The first kappa shape index (κ1) is 20.4. The number of benzene rings is 1. The van der Waals surface area contributed by atoms with Gasteiger partial charge in [-0.05, 0) is 42.7 Å². The molecule has 0 saturated heterocycles. The van der Waals surface area contributed by atoms with Crippen molar-refractivity contribution >= 4 is 29.9 Å². The molecule has 1 aliphatic carbocycles. The molecule has 0 bridgehead atoms. The molecule has 1 aromatic carbocycles. The van der Waals surface area contributed by atoms with Crippen LogP contribution in [-0.4, -0.2) is 25.7 Å². The quantitative estimate of drug-likeness (QED) is 0.281. The molecule has 2 aromatic rings. The number of hydrogen-bond acceptors (Lipinski definition) is 3. The molecular formula is C20H26IN3O2. The molecular weight excluding hydrogens is 441 g/mol. The van der Waals surface area contributed by atoms with Gasteiger partial charge in [0.05, 0.1) is 19.9 Å². The summed E-state index contributed by atoms with van der Waals surface area (Å²) in [6.07, 6.45) is 9.04. The highest BCUT2D eigenvalue weighted by Crippen LogP contribution is 2.12. The molecule has 3 rings (SSSR count). The average molecular weight is 467 g/mol. The summed E-state index contributed by atoms with van der Waals surface area (Å²) in [5.74, 6) is 2.68. The van der Waals surface area contributed by atoms with Crippen LogP contribution in [0.1, 0.15) is 24.2 Å². The van der Waals surface area contributed by atoms with Crippen LogP contribution in [0.25, 0.3) is 0 Å². The molecule has 0 atom stereocenters. The zero-order valence-electron chi connectivity index (χ0n) is 15.0. The summed E-state index contributed by atoms with van der Waals surface area (Å²) < 4.78 is 10.6. The topological polar surface area (TPSA) is 58.8 Å². The molecule has 0 saturated carbocycles. The number of halogens is 1. The van der Waals surface area contributed by atoms with Gasteiger partial charge >= 0.3 is 0 Å². The van der Waals surface area contributed by atoms with Crippen LogP contribution in [0.3, 0.4) is 0 Å². The minimum absolute atomic E-state index is 0. The van der Waals surface area contributed by atoms with E-state index in [0.717, 1.165) is 48.8 Å². The van der Waals surface area contributed by atoms with Gasteiger partial charge in [0.2, 0.25) is 0 Å². The fourth-order valence-corrected chi connectivity index (χ4v) is 2.74. The Morgan fingerprint density at radius 2 is 1.96 bits per heavy atom. The Morgan fingerprint density at radius 3 is 2.62 bits per heavy atom. The van der Waals surface area contributed by atoms with Crippen molar-refractivity contribution in [3.8, 4) is 5.75 Å². The molecule has 1 heterocycles. The largest absolute Gasteiger partial charge is 0.497 e. The van der Waals surface area contributed by atoms with E-state index in [0.29, 0.717) is 12.6 Å². The van der Waals surface area contributed by atoms with Gasteiger partial charge in [0, 0.05) is 19.0 Å². The number of methoxy groups -OCH3 is 1. The number of rotatable bonds is 7. The molecule has 5 nitrogen and oxygen atoms in total. The maximum absolute atomic E-state index is 5.38. The average Bonchev–Trinajstić information content (AvgIpc) is 3.34. The third-order valence-electron chi connectivity index (χ3n) is 4.17. The Labute approximate surface area is 171 Å². The van der Waals surface area contributed by atoms with Crippen LogP contribution in [-0.2, 0) is 13.0 Å². The summed E-state index contributed by atoms with van der Waals surface area (Å²) in [6.45, 7) is 1.41. The van der Waals surface area contributed by atoms with E-state index in [1.165, 1.54) is 0 Å². The predicted molar refractivity (Wildman–Crippen MR) is 115 cm³/mol. The van der Waals surface area contributed by atoms with Crippen molar-refractivity contribution < 1.29 is 9.15 Å². The van der Waals surface area contributed by atoms with Crippen molar-refractivity contribution in [3.05, 3.63) is 66.1 Å². The highest BCUT2D eigenvalue weighted by atomic mass is 127. The minimum atomic E-state index is 0. The minimum Gasteiger partial charge on any atom is -0.497 e. The molecule has 140 valence electrons. The maximum Gasteiger partial charge on any atom is 0.191 e. The second-order valence-corrected chi connectivity index (χ2v) is 6.05. The lowest BCUT2D eigenvalue weighted by Gasteiger charge is -2.17. The van der Waals surface area contributed by atoms with Gasteiger partial charge in [-0.15, -0.1) is 24.0 Å². The maximum atomic E-state index is 5.38. The number of hydrogen-bond donors (Lipinski definition) is 2. The van der Waals surface area contributed by atoms with Crippen LogP contribution < -0.4 is 15.4 Å². The van der Waals surface area contributed by atoms with Crippen LogP contribution in [0, 0.1) is 0 Å². The third kappa shape index (κ3) is 6.40. The summed E-state index contributed by atoms with van der Waals surface area (Å²) >= 11 is 0. The van der Waals surface area contributed by atoms with Gasteiger partial charge in [-0.25, -0.2) is 4.99 Å². The number of ether oxygens (including phenoxy) is 1. The second-order valence-electron chi connectivity index (χ2n) is 6.05. The summed E-state index contributed by atoms with van der Waals surface area (Å²) in [5.41, 5.74) is 1.15. The van der Waals surface area contributed by atoms with E-state index < -0.39 is 0 Å². The van der Waals surface area contributed by atoms with Crippen molar-refractivity contribution in [1.82, 2.24) is 10.6 Å². The fourth-order valence-electron chi connectivity index (χ4n) is 2.74. The Bertz CT molecular complexity index is 688. The van der Waals surface area contributed by atoms with Crippen molar-refractivity contribution in [1.29, 1.82) is 0 Å². The summed E-state index contributed by atoms with van der Waals surface area (Å²) in [7, 11) is 1.67. The first-order valence-corrected chi connectivity index (χ1v) is 8.68. The Hall–Kier alpha value is -1.96.